The lowest BCUT2D eigenvalue weighted by Crippen LogP contribution is -2.47. The molecule has 0 unspecified atom stereocenters. The van der Waals surface area contributed by atoms with Gasteiger partial charge in [-0.15, -0.1) is 5.10 Å². The number of aryl methyl sites for hydroxylation is 1. The third-order valence-electron chi connectivity index (χ3n) is 4.63. The Bertz CT molecular complexity index is 979. The van der Waals surface area contributed by atoms with E-state index in [-0.39, 0.29) is 24.1 Å². The number of benzene rings is 1. The topological polar surface area (TPSA) is 62.9 Å². The molecule has 4 rings (SSSR count). The summed E-state index contributed by atoms with van der Waals surface area (Å²) in [6.45, 7) is 7.39. The molecule has 0 aliphatic carbocycles. The summed E-state index contributed by atoms with van der Waals surface area (Å²) in [5.41, 5.74) is 0.960. The number of aromatic nitrogens is 3. The number of ether oxygens (including phenoxy) is 1. The smallest absolute Gasteiger partial charge is 0.230 e. The number of rotatable bonds is 3. The maximum absolute atomic E-state index is 10.9. The first-order valence-electron chi connectivity index (χ1n) is 8.73. The number of fused-ring (bicyclic) bond motifs is 1. The van der Waals surface area contributed by atoms with Gasteiger partial charge in [0.05, 0.1) is 33.2 Å². The quantitative estimate of drug-likeness (QED) is 0.675. The van der Waals surface area contributed by atoms with Gasteiger partial charge in [-0.25, -0.2) is 4.98 Å². The molecular weight excluding hydrogens is 407 g/mol. The van der Waals surface area contributed by atoms with Gasteiger partial charge in [0.2, 0.25) is 10.8 Å². The Balaban J connectivity index is 1.85. The number of thiazole rings is 1. The summed E-state index contributed by atoms with van der Waals surface area (Å²) in [6, 6.07) is 5.41. The summed E-state index contributed by atoms with van der Waals surface area (Å²) in [4.78, 5) is 8.15. The van der Waals surface area contributed by atoms with Crippen LogP contribution in [0.1, 0.15) is 36.2 Å². The molecule has 0 radical (unpaired) electrons. The van der Waals surface area contributed by atoms with Crippen molar-refractivity contribution in [3.05, 3.63) is 44.5 Å². The van der Waals surface area contributed by atoms with Gasteiger partial charge >= 0.3 is 0 Å². The molecule has 1 fully saturated rings. The Morgan fingerprint density at radius 3 is 2.56 bits per heavy atom. The summed E-state index contributed by atoms with van der Waals surface area (Å²) in [5, 5.41) is 16.2. The number of aromatic hydroxyl groups is 1. The Hall–Kier alpha value is -1.38. The van der Waals surface area contributed by atoms with Gasteiger partial charge in [0, 0.05) is 13.1 Å². The predicted molar refractivity (Wildman–Crippen MR) is 107 cm³/mol. The molecule has 9 heteroatoms. The molecule has 27 heavy (non-hydrogen) atoms. The van der Waals surface area contributed by atoms with Crippen molar-refractivity contribution in [2.24, 2.45) is 0 Å². The van der Waals surface area contributed by atoms with Crippen molar-refractivity contribution in [3.8, 4) is 5.88 Å². The lowest BCUT2D eigenvalue weighted by molar-refractivity contribution is -0.0764. The van der Waals surface area contributed by atoms with Crippen LogP contribution >= 0.6 is 34.5 Å². The highest BCUT2D eigenvalue weighted by Gasteiger charge is 2.34. The van der Waals surface area contributed by atoms with Crippen LogP contribution in [0.3, 0.4) is 0 Å². The van der Waals surface area contributed by atoms with Gasteiger partial charge in [-0.2, -0.15) is 4.52 Å². The second-order valence-electron chi connectivity index (χ2n) is 6.93. The molecule has 1 N–H and O–H groups in total. The molecule has 1 aromatic carbocycles. The van der Waals surface area contributed by atoms with Gasteiger partial charge in [-0.05, 0) is 38.5 Å². The Morgan fingerprint density at radius 1 is 1.22 bits per heavy atom. The Kier molecular flexibility index (Phi) is 5.07. The van der Waals surface area contributed by atoms with E-state index in [0.717, 1.165) is 23.5 Å². The summed E-state index contributed by atoms with van der Waals surface area (Å²) in [6.07, 6.45) is 0.177. The lowest BCUT2D eigenvalue weighted by atomic mass is 10.0. The van der Waals surface area contributed by atoms with E-state index in [1.165, 1.54) is 15.9 Å². The van der Waals surface area contributed by atoms with Crippen molar-refractivity contribution >= 4 is 39.5 Å². The van der Waals surface area contributed by atoms with Crippen LogP contribution < -0.4 is 0 Å². The van der Waals surface area contributed by atoms with Gasteiger partial charge in [0.15, 0.2) is 0 Å². The average Bonchev–Trinajstić information content (AvgIpc) is 3.08. The number of hydrogen-bond acceptors (Lipinski definition) is 6. The molecule has 3 heterocycles. The first-order chi connectivity index (χ1) is 12.8. The highest BCUT2D eigenvalue weighted by Crippen LogP contribution is 2.42. The molecule has 0 saturated carbocycles. The number of halogens is 2. The van der Waals surface area contributed by atoms with Crippen molar-refractivity contribution in [2.45, 2.75) is 39.0 Å². The fourth-order valence-corrected chi connectivity index (χ4v) is 5.13. The standard InChI is InChI=1S/C18H20Cl2N4O2S/c1-9-7-23(8-10(2)26-9)15(12-4-5-13(19)14(20)6-12)16-17(25)24-18(27-16)21-11(3)22-24/h4-6,9-10,15,25H,7-8H2,1-3H3/t9-,10-,15+/m1/s1. The van der Waals surface area contributed by atoms with Gasteiger partial charge in [-0.1, -0.05) is 40.6 Å². The predicted octanol–water partition coefficient (Wildman–Crippen LogP) is 4.31. The molecule has 144 valence electrons. The Morgan fingerprint density at radius 2 is 1.93 bits per heavy atom. The van der Waals surface area contributed by atoms with Crippen molar-refractivity contribution in [1.29, 1.82) is 0 Å². The lowest BCUT2D eigenvalue weighted by Gasteiger charge is -2.40. The van der Waals surface area contributed by atoms with Gasteiger partial charge in [-0.3, -0.25) is 4.90 Å². The second-order valence-corrected chi connectivity index (χ2v) is 8.75. The molecule has 3 aromatic rings. The largest absolute Gasteiger partial charge is 0.492 e. The van der Waals surface area contributed by atoms with E-state index in [2.05, 4.69) is 28.8 Å². The maximum Gasteiger partial charge on any atom is 0.230 e. The van der Waals surface area contributed by atoms with Crippen molar-refractivity contribution in [3.63, 3.8) is 0 Å². The molecule has 0 amide bonds. The van der Waals surface area contributed by atoms with Crippen LogP contribution in [0.5, 0.6) is 5.88 Å². The van der Waals surface area contributed by atoms with Gasteiger partial charge in [0.1, 0.15) is 5.82 Å². The summed E-state index contributed by atoms with van der Waals surface area (Å²) < 4.78 is 7.39. The number of morpholine rings is 1. The van der Waals surface area contributed by atoms with E-state index in [1.54, 1.807) is 13.0 Å². The third-order valence-corrected chi connectivity index (χ3v) is 6.44. The fraction of sp³-hybridized carbons (Fsp3) is 0.444. The third kappa shape index (κ3) is 3.54. The molecule has 1 aliphatic rings. The van der Waals surface area contributed by atoms with E-state index >= 15 is 0 Å². The van der Waals surface area contributed by atoms with Crippen molar-refractivity contribution in [1.82, 2.24) is 19.5 Å². The first-order valence-corrected chi connectivity index (χ1v) is 10.3. The average molecular weight is 427 g/mol. The molecular formula is C18H20Cl2N4O2S. The molecule has 6 nitrogen and oxygen atoms in total. The highest BCUT2D eigenvalue weighted by atomic mass is 35.5. The van der Waals surface area contributed by atoms with E-state index in [0.29, 0.717) is 20.8 Å². The van der Waals surface area contributed by atoms with E-state index in [1.807, 2.05) is 12.1 Å². The minimum atomic E-state index is -0.192. The van der Waals surface area contributed by atoms with E-state index in [4.69, 9.17) is 27.9 Å². The van der Waals surface area contributed by atoms with Crippen molar-refractivity contribution in [2.75, 3.05) is 13.1 Å². The van der Waals surface area contributed by atoms with Gasteiger partial charge in [0.25, 0.3) is 0 Å². The zero-order valence-electron chi connectivity index (χ0n) is 15.2. The molecule has 0 bridgehead atoms. The van der Waals surface area contributed by atoms with Gasteiger partial charge < -0.3 is 9.84 Å². The molecule has 1 saturated heterocycles. The molecule has 2 aromatic heterocycles. The van der Waals surface area contributed by atoms with Crippen LogP contribution in [0.2, 0.25) is 10.0 Å². The minimum Gasteiger partial charge on any atom is -0.492 e. The first kappa shape index (κ1) is 19.0. The highest BCUT2D eigenvalue weighted by molar-refractivity contribution is 7.17. The summed E-state index contributed by atoms with van der Waals surface area (Å²) in [5.74, 6) is 0.737. The van der Waals surface area contributed by atoms with Crippen LogP contribution in [0.4, 0.5) is 0 Å². The minimum absolute atomic E-state index is 0.0885. The van der Waals surface area contributed by atoms with Crippen LogP contribution in [0, 0.1) is 6.92 Å². The van der Waals surface area contributed by atoms with Crippen LogP contribution in [-0.2, 0) is 4.74 Å². The summed E-state index contributed by atoms with van der Waals surface area (Å²) in [7, 11) is 0. The summed E-state index contributed by atoms with van der Waals surface area (Å²) >= 11 is 13.9. The fourth-order valence-electron chi connectivity index (χ4n) is 3.67. The van der Waals surface area contributed by atoms with Crippen LogP contribution in [0.15, 0.2) is 18.2 Å². The van der Waals surface area contributed by atoms with Crippen LogP contribution in [0.25, 0.3) is 4.96 Å². The molecule has 1 aliphatic heterocycles. The molecule has 0 spiro atoms. The SMILES string of the molecule is Cc1nc2sc([C@H](c3ccc(Cl)c(Cl)c3)N3C[C@@H](C)O[C@H](C)C3)c(O)n2n1. The number of hydrogen-bond donors (Lipinski definition) is 1. The Labute approximate surface area is 171 Å². The normalized spacial score (nSPS) is 22.4. The second kappa shape index (κ2) is 7.22. The van der Waals surface area contributed by atoms with E-state index in [9.17, 15) is 5.11 Å². The van der Waals surface area contributed by atoms with Crippen molar-refractivity contribution < 1.29 is 9.84 Å². The monoisotopic (exact) mass is 426 g/mol. The maximum atomic E-state index is 10.9. The molecule has 3 atom stereocenters. The zero-order valence-corrected chi connectivity index (χ0v) is 17.5. The zero-order chi connectivity index (χ0) is 19.3. The number of nitrogens with zero attached hydrogens (tertiary/aromatic N) is 4. The van der Waals surface area contributed by atoms with E-state index < -0.39 is 0 Å². The van der Waals surface area contributed by atoms with Crippen LogP contribution in [-0.4, -0.2) is 49.9 Å².